The normalized spacial score (nSPS) is 10.1. The van der Waals surface area contributed by atoms with Crippen LogP contribution in [0.15, 0.2) is 12.1 Å². The van der Waals surface area contributed by atoms with Crippen LogP contribution in [0.3, 0.4) is 0 Å². The fraction of sp³-hybridized carbons (Fsp3) is 0.364. The summed E-state index contributed by atoms with van der Waals surface area (Å²) in [5, 5.41) is 10.0. The lowest BCUT2D eigenvalue weighted by molar-refractivity contribution is 0.112. The molecule has 1 aromatic carbocycles. The van der Waals surface area contributed by atoms with Crippen molar-refractivity contribution in [1.82, 2.24) is 0 Å². The lowest BCUT2D eigenvalue weighted by Crippen LogP contribution is -2.22. The highest BCUT2D eigenvalue weighted by Gasteiger charge is 2.11. The van der Waals surface area contributed by atoms with Crippen LogP contribution in [-0.2, 0) is 0 Å². The maximum atomic E-state index is 10.6. The van der Waals surface area contributed by atoms with Crippen LogP contribution < -0.4 is 4.90 Å². The van der Waals surface area contributed by atoms with Crippen molar-refractivity contribution in [2.45, 2.75) is 13.8 Å². The number of halogens is 1. The molecule has 0 amide bonds. The molecular weight excluding hydrogens is 214 g/mol. The van der Waals surface area contributed by atoms with Crippen molar-refractivity contribution in [2.75, 3.05) is 18.0 Å². The Bertz CT molecular complexity index is 362. The number of nitrogens with zero attached hydrogens (tertiary/aromatic N) is 1. The summed E-state index contributed by atoms with van der Waals surface area (Å²) >= 11 is 6.02. The summed E-state index contributed by atoms with van der Waals surface area (Å²) < 4.78 is 0. The molecule has 0 fully saturated rings. The maximum absolute atomic E-state index is 10.6. The predicted molar refractivity (Wildman–Crippen MR) is 62.1 cm³/mol. The maximum Gasteiger partial charge on any atom is 0.153 e. The van der Waals surface area contributed by atoms with Gasteiger partial charge in [0.15, 0.2) is 6.29 Å². The summed E-state index contributed by atoms with van der Waals surface area (Å²) in [6.07, 6.45) is 0.591. The molecule has 0 spiro atoms. The Morgan fingerprint density at radius 3 is 2.47 bits per heavy atom. The highest BCUT2D eigenvalue weighted by atomic mass is 35.5. The molecule has 1 rings (SSSR count). The second kappa shape index (κ2) is 5.03. The van der Waals surface area contributed by atoms with Crippen LogP contribution in [0.4, 0.5) is 5.69 Å². The quantitative estimate of drug-likeness (QED) is 0.804. The summed E-state index contributed by atoms with van der Waals surface area (Å²) in [6, 6.07) is 3.01. The van der Waals surface area contributed by atoms with Crippen LogP contribution in [0.5, 0.6) is 5.75 Å². The number of rotatable bonds is 4. The molecule has 0 aliphatic rings. The van der Waals surface area contributed by atoms with Crippen LogP contribution in [0, 0.1) is 0 Å². The molecule has 15 heavy (non-hydrogen) atoms. The van der Waals surface area contributed by atoms with Gasteiger partial charge >= 0.3 is 0 Å². The first-order chi connectivity index (χ1) is 7.13. The zero-order chi connectivity index (χ0) is 11.4. The van der Waals surface area contributed by atoms with Crippen molar-refractivity contribution >= 4 is 23.6 Å². The first-order valence-electron chi connectivity index (χ1n) is 4.86. The average molecular weight is 228 g/mol. The topological polar surface area (TPSA) is 40.5 Å². The van der Waals surface area contributed by atoms with E-state index in [1.54, 1.807) is 0 Å². The third-order valence-electron chi connectivity index (χ3n) is 2.33. The van der Waals surface area contributed by atoms with Crippen molar-refractivity contribution in [3.05, 3.63) is 22.7 Å². The molecular formula is C11H14ClNO2. The van der Waals surface area contributed by atoms with Gasteiger partial charge in [0.25, 0.3) is 0 Å². The molecule has 0 saturated heterocycles. The minimum absolute atomic E-state index is 0.0312. The third kappa shape index (κ3) is 2.42. The molecule has 0 bridgehead atoms. The fourth-order valence-electron chi connectivity index (χ4n) is 1.47. The zero-order valence-corrected chi connectivity index (χ0v) is 9.58. The lowest BCUT2D eigenvalue weighted by Gasteiger charge is -2.22. The second-order valence-corrected chi connectivity index (χ2v) is 3.56. The summed E-state index contributed by atoms with van der Waals surface area (Å²) in [7, 11) is 0. The molecule has 0 saturated carbocycles. The number of hydrogen-bond acceptors (Lipinski definition) is 3. The van der Waals surface area contributed by atoms with E-state index < -0.39 is 0 Å². The molecule has 0 aromatic heterocycles. The largest absolute Gasteiger partial charge is 0.507 e. The number of hydrogen-bond donors (Lipinski definition) is 1. The van der Waals surface area contributed by atoms with E-state index in [2.05, 4.69) is 0 Å². The number of carbonyl (C=O) groups excluding carboxylic acids is 1. The number of benzene rings is 1. The van der Waals surface area contributed by atoms with Gasteiger partial charge in [-0.2, -0.15) is 0 Å². The van der Waals surface area contributed by atoms with E-state index in [1.165, 1.54) is 12.1 Å². The van der Waals surface area contributed by atoms with E-state index in [0.717, 1.165) is 18.8 Å². The second-order valence-electron chi connectivity index (χ2n) is 3.15. The van der Waals surface area contributed by atoms with Gasteiger partial charge in [0.1, 0.15) is 5.75 Å². The molecule has 0 aliphatic heterocycles. The number of carbonyl (C=O) groups is 1. The van der Waals surface area contributed by atoms with Gasteiger partial charge in [0, 0.05) is 19.2 Å². The number of aromatic hydroxyl groups is 1. The first kappa shape index (κ1) is 11.9. The molecule has 0 unspecified atom stereocenters. The van der Waals surface area contributed by atoms with E-state index in [1.807, 2.05) is 18.7 Å². The first-order valence-corrected chi connectivity index (χ1v) is 5.24. The Kier molecular flexibility index (Phi) is 3.97. The van der Waals surface area contributed by atoms with Gasteiger partial charge in [-0.3, -0.25) is 4.79 Å². The van der Waals surface area contributed by atoms with Crippen molar-refractivity contribution in [1.29, 1.82) is 0 Å². The molecule has 82 valence electrons. The molecule has 4 heteroatoms. The Morgan fingerprint density at radius 1 is 1.40 bits per heavy atom. The van der Waals surface area contributed by atoms with E-state index in [-0.39, 0.29) is 11.3 Å². The van der Waals surface area contributed by atoms with Gasteiger partial charge < -0.3 is 10.0 Å². The van der Waals surface area contributed by atoms with Crippen molar-refractivity contribution in [3.63, 3.8) is 0 Å². The molecule has 0 atom stereocenters. The minimum Gasteiger partial charge on any atom is -0.507 e. The molecule has 0 heterocycles. The van der Waals surface area contributed by atoms with Crippen molar-refractivity contribution in [3.8, 4) is 5.75 Å². The van der Waals surface area contributed by atoms with Crippen LogP contribution in [-0.4, -0.2) is 24.5 Å². The predicted octanol–water partition coefficient (Wildman–Crippen LogP) is 2.70. The summed E-state index contributed by atoms with van der Waals surface area (Å²) in [5.74, 6) is -0.0312. The van der Waals surface area contributed by atoms with Gasteiger partial charge in [0.2, 0.25) is 0 Å². The Labute approximate surface area is 94.3 Å². The molecule has 3 nitrogen and oxygen atoms in total. The summed E-state index contributed by atoms with van der Waals surface area (Å²) in [6.45, 7) is 5.61. The minimum atomic E-state index is -0.0312. The van der Waals surface area contributed by atoms with Crippen LogP contribution >= 0.6 is 11.6 Å². The number of aldehydes is 1. The van der Waals surface area contributed by atoms with E-state index in [0.29, 0.717) is 11.3 Å². The summed E-state index contributed by atoms with van der Waals surface area (Å²) in [5.41, 5.74) is 0.973. The van der Waals surface area contributed by atoms with E-state index in [4.69, 9.17) is 11.6 Å². The number of phenolic OH excluding ortho intramolecular Hbond substituents is 1. The molecule has 0 aliphatic carbocycles. The van der Waals surface area contributed by atoms with Gasteiger partial charge in [-0.25, -0.2) is 0 Å². The van der Waals surface area contributed by atoms with Crippen LogP contribution in [0.1, 0.15) is 24.2 Å². The number of anilines is 1. The Morgan fingerprint density at radius 2 is 2.00 bits per heavy atom. The smallest absolute Gasteiger partial charge is 0.153 e. The molecule has 1 N–H and O–H groups in total. The standard InChI is InChI=1S/C11H14ClNO2/c1-3-13(4-2)10-6-11(15)8(7-14)5-9(10)12/h5-7,15H,3-4H2,1-2H3. The summed E-state index contributed by atoms with van der Waals surface area (Å²) in [4.78, 5) is 12.6. The van der Waals surface area contributed by atoms with Crippen molar-refractivity contribution in [2.24, 2.45) is 0 Å². The van der Waals surface area contributed by atoms with Crippen molar-refractivity contribution < 1.29 is 9.90 Å². The highest BCUT2D eigenvalue weighted by Crippen LogP contribution is 2.31. The van der Waals surface area contributed by atoms with Crippen LogP contribution in [0.2, 0.25) is 5.02 Å². The Hall–Kier alpha value is -1.22. The van der Waals surface area contributed by atoms with E-state index >= 15 is 0 Å². The molecule has 1 aromatic rings. The molecule has 0 radical (unpaired) electrons. The van der Waals surface area contributed by atoms with Gasteiger partial charge in [-0.1, -0.05) is 11.6 Å². The van der Waals surface area contributed by atoms with Gasteiger partial charge in [-0.15, -0.1) is 0 Å². The SMILES string of the molecule is CCN(CC)c1cc(O)c(C=O)cc1Cl. The van der Waals surface area contributed by atoms with Gasteiger partial charge in [0.05, 0.1) is 16.3 Å². The van der Waals surface area contributed by atoms with Gasteiger partial charge in [-0.05, 0) is 19.9 Å². The van der Waals surface area contributed by atoms with E-state index in [9.17, 15) is 9.90 Å². The highest BCUT2D eigenvalue weighted by molar-refractivity contribution is 6.33. The average Bonchev–Trinajstić information content (AvgIpc) is 2.24. The lowest BCUT2D eigenvalue weighted by atomic mass is 10.2. The monoisotopic (exact) mass is 227 g/mol. The third-order valence-corrected chi connectivity index (χ3v) is 2.63. The Balaban J connectivity index is 3.20. The zero-order valence-electron chi connectivity index (χ0n) is 8.83. The van der Waals surface area contributed by atoms with Crippen LogP contribution in [0.25, 0.3) is 0 Å². The number of phenols is 1. The fourth-order valence-corrected chi connectivity index (χ4v) is 1.76.